The van der Waals surface area contributed by atoms with E-state index < -0.39 is 0 Å². The third-order valence-corrected chi connectivity index (χ3v) is 0. The molecule has 0 rings (SSSR count). The Morgan fingerprint density at radius 3 is 1.25 bits per heavy atom. The zero-order valence-electron chi connectivity index (χ0n) is 1.29. The van der Waals surface area contributed by atoms with Gasteiger partial charge in [-0.2, -0.15) is 0 Å². The zero-order chi connectivity index (χ0) is 2.00. The molecule has 0 unspecified atom stereocenters. The molecule has 0 aromatic heterocycles. The molecule has 0 spiro atoms. The van der Waals surface area contributed by atoms with Gasteiger partial charge in [0.25, 0.3) is 0 Å². The quantitative estimate of drug-likeness (QED) is 0.504. The van der Waals surface area contributed by atoms with Crippen molar-refractivity contribution in [3.05, 3.63) is 0 Å². The Labute approximate surface area is 89.0 Å². The van der Waals surface area contributed by atoms with Gasteiger partial charge >= 0.3 is 49.3 Å². The average Bonchev–Trinajstić information content (AvgIpc) is 1.00. The molecule has 0 saturated carbocycles. The molecule has 0 fully saturated rings. The van der Waals surface area contributed by atoms with Gasteiger partial charge in [0.05, 0.1) is 0 Å². The van der Waals surface area contributed by atoms with Gasteiger partial charge in [-0.05, 0) is 0 Å². The molecule has 1 nitrogen and oxygen atoms in total. The van der Waals surface area contributed by atoms with Crippen LogP contribution in [0.4, 0.5) is 0 Å². The maximum atomic E-state index is 8.06. The van der Waals surface area contributed by atoms with Crippen LogP contribution in [0.5, 0.6) is 0 Å². The summed E-state index contributed by atoms with van der Waals surface area (Å²) in [6.45, 7) is 0. The molecule has 0 N–H and O–H groups in total. The Kier molecular flexibility index (Phi) is 68.7. The molecular formula is HCeMnNaO. The van der Waals surface area contributed by atoms with E-state index in [1.165, 1.54) is 0 Å². The molecule has 19 valence electrons. The van der Waals surface area contributed by atoms with Crippen molar-refractivity contribution in [1.29, 1.82) is 0 Å². The molecule has 0 heterocycles. The molecule has 4 heavy (non-hydrogen) atoms. The Morgan fingerprint density at radius 2 is 1.25 bits per heavy atom. The van der Waals surface area contributed by atoms with Crippen molar-refractivity contribution >= 4 is 29.6 Å². The average molecular weight is 235 g/mol. The molecule has 0 aliphatic rings. The van der Waals surface area contributed by atoms with Gasteiger partial charge in [-0.25, -0.2) is 0 Å². The molecule has 0 radical (unpaired) electrons. The van der Waals surface area contributed by atoms with Crippen molar-refractivity contribution in [3.63, 3.8) is 0 Å². The van der Waals surface area contributed by atoms with Crippen molar-refractivity contribution in [3.8, 4) is 0 Å². The fraction of sp³-hybridized carbons (Fsp3) is 0. The summed E-state index contributed by atoms with van der Waals surface area (Å²) in [6, 6.07) is 0. The molecule has 4 heteroatoms. The topological polar surface area (TPSA) is 17.1 Å². The second-order valence-electron chi connectivity index (χ2n) is 0. The minimum absolute atomic E-state index is 0. The standard InChI is InChI=1S/Ce.Mn.Na.O.H. The van der Waals surface area contributed by atoms with E-state index in [0.717, 1.165) is 0 Å². The van der Waals surface area contributed by atoms with Crippen LogP contribution >= 0.6 is 0 Å². The van der Waals surface area contributed by atoms with Gasteiger partial charge < -0.3 is 0 Å². The van der Waals surface area contributed by atoms with E-state index in [1.54, 1.807) is 15.9 Å². The molecule has 0 amide bonds. The third-order valence-electron chi connectivity index (χ3n) is 0. The molecule has 0 bridgehead atoms. The van der Waals surface area contributed by atoms with E-state index in [1.807, 2.05) is 0 Å². The summed E-state index contributed by atoms with van der Waals surface area (Å²) < 4.78 is 8.06. The van der Waals surface area contributed by atoms with Gasteiger partial charge in [-0.1, -0.05) is 0 Å². The molecule has 0 aromatic rings. The van der Waals surface area contributed by atoms with Crippen molar-refractivity contribution in [2.24, 2.45) is 0 Å². The summed E-state index contributed by atoms with van der Waals surface area (Å²) in [5, 5.41) is 0. The van der Waals surface area contributed by atoms with Gasteiger partial charge in [0.15, 0.2) is 0 Å². The third kappa shape index (κ3) is 8.83. The van der Waals surface area contributed by atoms with Gasteiger partial charge in [0, 0.05) is 41.7 Å². The first-order valence-corrected chi connectivity index (χ1v) is 0.636. The molecule has 0 atom stereocenters. The predicted molar refractivity (Wildman–Crippen MR) is 7.84 cm³/mol. The van der Waals surface area contributed by atoms with Crippen LogP contribution in [0.1, 0.15) is 0 Å². The van der Waals surface area contributed by atoms with Crippen molar-refractivity contribution in [2.75, 3.05) is 0 Å². The fourth-order valence-electron chi connectivity index (χ4n) is 0. The van der Waals surface area contributed by atoms with Crippen LogP contribution in [0.25, 0.3) is 0 Å². The van der Waals surface area contributed by atoms with Gasteiger partial charge in [-0.15, -0.1) is 0 Å². The zero-order valence-corrected chi connectivity index (χ0v) is 5.61. The van der Waals surface area contributed by atoms with Crippen LogP contribution in [-0.4, -0.2) is 29.6 Å². The van der Waals surface area contributed by atoms with Gasteiger partial charge in [-0.3, -0.25) is 0 Å². The van der Waals surface area contributed by atoms with E-state index in [9.17, 15) is 0 Å². The van der Waals surface area contributed by atoms with Crippen LogP contribution in [0.2, 0.25) is 0 Å². The summed E-state index contributed by atoms with van der Waals surface area (Å²) in [5.41, 5.74) is 0. The van der Waals surface area contributed by atoms with Crippen LogP contribution < -0.4 is 0 Å². The van der Waals surface area contributed by atoms with E-state index in [4.69, 9.17) is 3.83 Å². The number of hydrogen-bond acceptors (Lipinski definition) is 1. The Morgan fingerprint density at radius 1 is 1.25 bits per heavy atom. The maximum absolute atomic E-state index is 8.06. The van der Waals surface area contributed by atoms with E-state index in [-0.39, 0.29) is 71.3 Å². The first-order chi connectivity index (χ1) is 1.00. The normalized spacial score (nSPS) is 1.00. The molecule has 0 saturated heterocycles. The van der Waals surface area contributed by atoms with Crippen LogP contribution in [0.15, 0.2) is 0 Å². The number of rotatable bonds is 0. The Balaban J connectivity index is -0.00000000500. The Hall–Kier alpha value is 2.70. The molecular weight excluding hydrogens is 234 g/mol. The predicted octanol–water partition coefficient (Wildman–Crippen LogP) is -0.770. The first-order valence-electron chi connectivity index (χ1n) is 0.154. The minimum atomic E-state index is 0. The van der Waals surface area contributed by atoms with Crippen LogP contribution in [0, 0.1) is 41.7 Å². The molecule has 0 aliphatic carbocycles. The monoisotopic (exact) mass is 235 g/mol. The van der Waals surface area contributed by atoms with Gasteiger partial charge in [0.2, 0.25) is 0 Å². The molecule has 0 aliphatic heterocycles. The Bertz CT molecular complexity index is 8.00. The van der Waals surface area contributed by atoms with Crippen LogP contribution in [-0.2, 0) is 19.8 Å². The van der Waals surface area contributed by atoms with Crippen molar-refractivity contribution < 1.29 is 61.5 Å². The summed E-state index contributed by atoms with van der Waals surface area (Å²) >= 11 is 1.69. The SMILES string of the molecule is [Ce].[NaH].[O]=[Mn]. The van der Waals surface area contributed by atoms with E-state index >= 15 is 0 Å². The summed E-state index contributed by atoms with van der Waals surface area (Å²) in [5.74, 6) is 0. The molecule has 0 aromatic carbocycles. The summed E-state index contributed by atoms with van der Waals surface area (Å²) in [6.07, 6.45) is 0. The summed E-state index contributed by atoms with van der Waals surface area (Å²) in [4.78, 5) is 0. The van der Waals surface area contributed by atoms with Crippen molar-refractivity contribution in [2.45, 2.75) is 0 Å². The van der Waals surface area contributed by atoms with Gasteiger partial charge in [0.1, 0.15) is 0 Å². The second kappa shape index (κ2) is 17.3. The van der Waals surface area contributed by atoms with Crippen molar-refractivity contribution in [1.82, 2.24) is 0 Å². The summed E-state index contributed by atoms with van der Waals surface area (Å²) in [7, 11) is 0. The van der Waals surface area contributed by atoms with Crippen LogP contribution in [0.3, 0.4) is 0 Å². The van der Waals surface area contributed by atoms with E-state index in [0.29, 0.717) is 0 Å². The van der Waals surface area contributed by atoms with E-state index in [2.05, 4.69) is 0 Å². The first kappa shape index (κ1) is 15.9. The fourth-order valence-corrected chi connectivity index (χ4v) is 0. The second-order valence-corrected chi connectivity index (χ2v) is 0. The number of hydrogen-bond donors (Lipinski definition) is 0.